The maximum Gasteiger partial charge on any atom is 0.0690 e. The van der Waals surface area contributed by atoms with E-state index in [4.69, 9.17) is 4.74 Å². The second-order valence-corrected chi connectivity index (χ2v) is 4.50. The first-order chi connectivity index (χ1) is 6.68. The summed E-state index contributed by atoms with van der Waals surface area (Å²) in [4.78, 5) is 0. The zero-order valence-electron chi connectivity index (χ0n) is 9.51. The van der Waals surface area contributed by atoms with Gasteiger partial charge in [0.05, 0.1) is 12.7 Å². The SMILES string of the molecule is C=C(CNC(C)C)COC1CCCC1. The van der Waals surface area contributed by atoms with Crippen LogP contribution in [0.5, 0.6) is 0 Å². The summed E-state index contributed by atoms with van der Waals surface area (Å²) in [6.07, 6.45) is 5.66. The Morgan fingerprint density at radius 3 is 2.64 bits per heavy atom. The van der Waals surface area contributed by atoms with E-state index in [-0.39, 0.29) is 0 Å². The lowest BCUT2D eigenvalue weighted by Gasteiger charge is -2.14. The minimum Gasteiger partial charge on any atom is -0.374 e. The highest BCUT2D eigenvalue weighted by molar-refractivity contribution is 4.97. The van der Waals surface area contributed by atoms with Gasteiger partial charge in [0.25, 0.3) is 0 Å². The summed E-state index contributed by atoms with van der Waals surface area (Å²) in [6, 6.07) is 0.526. The van der Waals surface area contributed by atoms with Crippen LogP contribution in [0.3, 0.4) is 0 Å². The summed E-state index contributed by atoms with van der Waals surface area (Å²) in [6.45, 7) is 9.89. The molecule has 82 valence electrons. The maximum absolute atomic E-state index is 5.76. The molecule has 0 heterocycles. The van der Waals surface area contributed by atoms with Crippen LogP contribution < -0.4 is 5.32 Å². The van der Waals surface area contributed by atoms with Crippen molar-refractivity contribution in [2.75, 3.05) is 13.2 Å². The Morgan fingerprint density at radius 1 is 1.43 bits per heavy atom. The van der Waals surface area contributed by atoms with E-state index < -0.39 is 0 Å². The molecular weight excluding hydrogens is 174 g/mol. The fourth-order valence-corrected chi connectivity index (χ4v) is 1.69. The van der Waals surface area contributed by atoms with E-state index in [0.29, 0.717) is 12.1 Å². The average molecular weight is 197 g/mol. The van der Waals surface area contributed by atoms with Crippen LogP contribution in [0.2, 0.25) is 0 Å². The van der Waals surface area contributed by atoms with Crippen molar-refractivity contribution >= 4 is 0 Å². The summed E-state index contributed by atoms with van der Waals surface area (Å²) in [5, 5.41) is 3.34. The molecule has 2 heteroatoms. The van der Waals surface area contributed by atoms with Gasteiger partial charge < -0.3 is 10.1 Å². The highest BCUT2D eigenvalue weighted by Crippen LogP contribution is 2.21. The van der Waals surface area contributed by atoms with Gasteiger partial charge in [-0.15, -0.1) is 0 Å². The first-order valence-electron chi connectivity index (χ1n) is 5.70. The number of nitrogens with one attached hydrogen (secondary N) is 1. The van der Waals surface area contributed by atoms with Crippen LogP contribution in [0.15, 0.2) is 12.2 Å². The molecule has 1 rings (SSSR count). The number of hydrogen-bond donors (Lipinski definition) is 1. The molecule has 1 aliphatic rings. The number of rotatable bonds is 6. The minimum atomic E-state index is 0.505. The molecule has 0 saturated heterocycles. The van der Waals surface area contributed by atoms with Crippen molar-refractivity contribution in [1.29, 1.82) is 0 Å². The van der Waals surface area contributed by atoms with Crippen LogP contribution in [-0.4, -0.2) is 25.3 Å². The average Bonchev–Trinajstić information content (AvgIpc) is 2.63. The molecule has 0 bridgehead atoms. The Hall–Kier alpha value is -0.340. The molecule has 1 N–H and O–H groups in total. The van der Waals surface area contributed by atoms with E-state index >= 15 is 0 Å². The fourth-order valence-electron chi connectivity index (χ4n) is 1.69. The third-order valence-corrected chi connectivity index (χ3v) is 2.59. The Labute approximate surface area is 87.7 Å². The van der Waals surface area contributed by atoms with Gasteiger partial charge in [-0.1, -0.05) is 33.3 Å². The summed E-state index contributed by atoms with van der Waals surface area (Å²) in [7, 11) is 0. The van der Waals surface area contributed by atoms with Crippen molar-refractivity contribution in [3.05, 3.63) is 12.2 Å². The van der Waals surface area contributed by atoms with Crippen LogP contribution in [0.4, 0.5) is 0 Å². The molecule has 1 aliphatic carbocycles. The zero-order chi connectivity index (χ0) is 10.4. The Kier molecular flexibility index (Phi) is 5.20. The molecule has 0 aromatic carbocycles. The van der Waals surface area contributed by atoms with E-state index in [1.165, 1.54) is 25.7 Å². The molecule has 0 aromatic rings. The Bertz CT molecular complexity index is 171. The molecule has 0 aromatic heterocycles. The Morgan fingerprint density at radius 2 is 2.07 bits per heavy atom. The number of ether oxygens (including phenoxy) is 1. The molecule has 1 fully saturated rings. The lowest BCUT2D eigenvalue weighted by Crippen LogP contribution is -2.26. The van der Waals surface area contributed by atoms with Gasteiger partial charge in [-0.25, -0.2) is 0 Å². The van der Waals surface area contributed by atoms with Crippen LogP contribution in [0, 0.1) is 0 Å². The zero-order valence-corrected chi connectivity index (χ0v) is 9.51. The van der Waals surface area contributed by atoms with Crippen LogP contribution in [-0.2, 0) is 4.74 Å². The van der Waals surface area contributed by atoms with Crippen LogP contribution >= 0.6 is 0 Å². The summed E-state index contributed by atoms with van der Waals surface area (Å²) >= 11 is 0. The van der Waals surface area contributed by atoms with Gasteiger partial charge >= 0.3 is 0 Å². The third-order valence-electron chi connectivity index (χ3n) is 2.59. The second-order valence-electron chi connectivity index (χ2n) is 4.50. The van der Waals surface area contributed by atoms with Crippen molar-refractivity contribution in [2.45, 2.75) is 51.7 Å². The molecular formula is C12H23NO. The van der Waals surface area contributed by atoms with E-state index in [1.54, 1.807) is 0 Å². The van der Waals surface area contributed by atoms with Crippen LogP contribution in [0.25, 0.3) is 0 Å². The van der Waals surface area contributed by atoms with Gasteiger partial charge in [0.2, 0.25) is 0 Å². The quantitative estimate of drug-likeness (QED) is 0.661. The lowest BCUT2D eigenvalue weighted by molar-refractivity contribution is 0.0745. The van der Waals surface area contributed by atoms with Gasteiger partial charge in [-0.05, 0) is 18.4 Å². The summed E-state index contributed by atoms with van der Waals surface area (Å²) in [5.74, 6) is 0. The number of hydrogen-bond acceptors (Lipinski definition) is 2. The molecule has 2 nitrogen and oxygen atoms in total. The smallest absolute Gasteiger partial charge is 0.0690 e. The van der Waals surface area contributed by atoms with E-state index in [2.05, 4.69) is 25.7 Å². The van der Waals surface area contributed by atoms with E-state index in [1.807, 2.05) is 0 Å². The molecule has 0 aliphatic heterocycles. The van der Waals surface area contributed by atoms with Gasteiger partial charge in [-0.2, -0.15) is 0 Å². The van der Waals surface area contributed by atoms with Crippen molar-refractivity contribution in [2.24, 2.45) is 0 Å². The van der Waals surface area contributed by atoms with Crippen LogP contribution in [0.1, 0.15) is 39.5 Å². The Balaban J connectivity index is 2.02. The first kappa shape index (κ1) is 11.7. The second kappa shape index (κ2) is 6.20. The largest absolute Gasteiger partial charge is 0.374 e. The highest BCUT2D eigenvalue weighted by atomic mass is 16.5. The molecule has 1 saturated carbocycles. The molecule has 0 amide bonds. The maximum atomic E-state index is 5.76. The van der Waals surface area contributed by atoms with Gasteiger partial charge in [0, 0.05) is 12.6 Å². The molecule has 0 atom stereocenters. The topological polar surface area (TPSA) is 21.3 Å². The third kappa shape index (κ3) is 4.77. The lowest BCUT2D eigenvalue weighted by atomic mass is 10.2. The standard InChI is InChI=1S/C12H23NO/c1-10(2)13-8-11(3)9-14-12-6-4-5-7-12/h10,12-13H,3-9H2,1-2H3. The predicted molar refractivity (Wildman–Crippen MR) is 60.5 cm³/mol. The molecule has 0 spiro atoms. The van der Waals surface area contributed by atoms with Crippen molar-refractivity contribution in [1.82, 2.24) is 5.32 Å². The van der Waals surface area contributed by atoms with Crippen molar-refractivity contribution in [3.63, 3.8) is 0 Å². The van der Waals surface area contributed by atoms with Gasteiger partial charge in [-0.3, -0.25) is 0 Å². The molecule has 14 heavy (non-hydrogen) atoms. The summed E-state index contributed by atoms with van der Waals surface area (Å²) in [5.41, 5.74) is 1.16. The van der Waals surface area contributed by atoms with Gasteiger partial charge in [0.1, 0.15) is 0 Å². The highest BCUT2D eigenvalue weighted by Gasteiger charge is 2.15. The van der Waals surface area contributed by atoms with Crippen molar-refractivity contribution < 1.29 is 4.74 Å². The molecule has 0 unspecified atom stereocenters. The fraction of sp³-hybridized carbons (Fsp3) is 0.833. The van der Waals surface area contributed by atoms with E-state index in [0.717, 1.165) is 18.7 Å². The molecule has 0 radical (unpaired) electrons. The minimum absolute atomic E-state index is 0.505. The predicted octanol–water partition coefficient (Wildman–Crippen LogP) is 2.50. The summed E-state index contributed by atoms with van der Waals surface area (Å²) < 4.78 is 5.76. The normalized spacial score (nSPS) is 17.9. The van der Waals surface area contributed by atoms with Crippen molar-refractivity contribution in [3.8, 4) is 0 Å². The first-order valence-corrected chi connectivity index (χ1v) is 5.70. The van der Waals surface area contributed by atoms with Gasteiger partial charge in [0.15, 0.2) is 0 Å². The van der Waals surface area contributed by atoms with E-state index in [9.17, 15) is 0 Å². The monoisotopic (exact) mass is 197 g/mol.